The van der Waals surface area contributed by atoms with E-state index in [2.05, 4.69) is 23.5 Å². The maximum absolute atomic E-state index is 12.7. The average molecular weight is 375 g/mol. The molecule has 0 atom stereocenters. The van der Waals surface area contributed by atoms with E-state index < -0.39 is 10.0 Å². The summed E-state index contributed by atoms with van der Waals surface area (Å²) < 4.78 is 33.4. The van der Waals surface area contributed by atoms with Crippen molar-refractivity contribution in [1.29, 1.82) is 0 Å². The van der Waals surface area contributed by atoms with Crippen LogP contribution in [-0.4, -0.2) is 51.7 Å². The molecule has 0 bridgehead atoms. The first-order chi connectivity index (χ1) is 12.4. The van der Waals surface area contributed by atoms with Gasteiger partial charge in [-0.1, -0.05) is 42.5 Å². The summed E-state index contributed by atoms with van der Waals surface area (Å²) in [6, 6.07) is 16.9. The Balaban J connectivity index is 1.68. The summed E-state index contributed by atoms with van der Waals surface area (Å²) in [6.07, 6.45) is 0. The maximum Gasteiger partial charge on any atom is 0.240 e. The molecule has 1 aliphatic heterocycles. The lowest BCUT2D eigenvalue weighted by molar-refractivity contribution is -0.00803. The van der Waals surface area contributed by atoms with E-state index in [4.69, 9.17) is 4.74 Å². The van der Waals surface area contributed by atoms with Crippen molar-refractivity contribution in [1.82, 2.24) is 9.62 Å². The predicted molar refractivity (Wildman–Crippen MR) is 104 cm³/mol. The van der Waals surface area contributed by atoms with Crippen molar-refractivity contribution in [2.24, 2.45) is 0 Å². The number of sulfonamides is 1. The van der Waals surface area contributed by atoms with E-state index in [0.717, 1.165) is 24.2 Å². The van der Waals surface area contributed by atoms with Crippen molar-refractivity contribution in [3.05, 3.63) is 54.6 Å². The Morgan fingerprint density at radius 1 is 0.962 bits per heavy atom. The van der Waals surface area contributed by atoms with Gasteiger partial charge in [0.15, 0.2) is 0 Å². The van der Waals surface area contributed by atoms with Gasteiger partial charge in [-0.3, -0.25) is 4.90 Å². The van der Waals surface area contributed by atoms with Gasteiger partial charge in [0.05, 0.1) is 18.1 Å². The smallest absolute Gasteiger partial charge is 0.240 e. The first-order valence-corrected chi connectivity index (χ1v) is 10.3. The second-order valence-corrected chi connectivity index (χ2v) is 8.89. The molecule has 1 aliphatic rings. The molecule has 0 saturated carbocycles. The zero-order valence-electron chi connectivity index (χ0n) is 15.3. The average Bonchev–Trinajstić information content (AvgIpc) is 2.68. The molecule has 1 saturated heterocycles. The largest absolute Gasteiger partial charge is 0.379 e. The van der Waals surface area contributed by atoms with Gasteiger partial charge < -0.3 is 4.74 Å². The SMILES string of the molecule is CC(C)(CNS(=O)(=O)c1ccc(-c2ccccc2)cc1)N1CCOCC1. The van der Waals surface area contributed by atoms with E-state index in [9.17, 15) is 8.42 Å². The van der Waals surface area contributed by atoms with Crippen molar-refractivity contribution < 1.29 is 13.2 Å². The van der Waals surface area contributed by atoms with Crippen LogP contribution in [0.15, 0.2) is 59.5 Å². The molecule has 1 N–H and O–H groups in total. The Labute approximate surface area is 156 Å². The van der Waals surface area contributed by atoms with Gasteiger partial charge in [0, 0.05) is 25.2 Å². The number of morpholine rings is 1. The van der Waals surface area contributed by atoms with Gasteiger partial charge in [-0.15, -0.1) is 0 Å². The lowest BCUT2D eigenvalue weighted by Crippen LogP contribution is -2.55. The molecular formula is C20H26N2O3S. The van der Waals surface area contributed by atoms with Crippen LogP contribution in [0.4, 0.5) is 0 Å². The van der Waals surface area contributed by atoms with Gasteiger partial charge in [0.2, 0.25) is 10.0 Å². The molecule has 26 heavy (non-hydrogen) atoms. The number of hydrogen-bond donors (Lipinski definition) is 1. The zero-order chi connectivity index (χ0) is 18.6. The number of rotatable bonds is 6. The summed E-state index contributed by atoms with van der Waals surface area (Å²) in [4.78, 5) is 2.55. The molecule has 1 fully saturated rings. The van der Waals surface area contributed by atoms with Gasteiger partial charge in [-0.05, 0) is 37.1 Å². The molecule has 0 spiro atoms. The van der Waals surface area contributed by atoms with E-state index in [0.29, 0.717) is 19.8 Å². The van der Waals surface area contributed by atoms with E-state index in [1.54, 1.807) is 12.1 Å². The first-order valence-electron chi connectivity index (χ1n) is 8.86. The molecule has 0 amide bonds. The summed E-state index contributed by atoms with van der Waals surface area (Å²) in [5.41, 5.74) is 1.80. The number of benzene rings is 2. The van der Waals surface area contributed by atoms with Gasteiger partial charge in [0.25, 0.3) is 0 Å². The van der Waals surface area contributed by atoms with Gasteiger partial charge in [-0.2, -0.15) is 0 Å². The van der Waals surface area contributed by atoms with Crippen LogP contribution in [0.1, 0.15) is 13.8 Å². The van der Waals surface area contributed by atoms with Crippen molar-refractivity contribution in [2.45, 2.75) is 24.3 Å². The summed E-state index contributed by atoms with van der Waals surface area (Å²) in [5, 5.41) is 0. The second kappa shape index (κ2) is 7.88. The first kappa shape index (κ1) is 19.0. The lowest BCUT2D eigenvalue weighted by atomic mass is 10.0. The molecule has 0 aromatic heterocycles. The molecule has 0 aliphatic carbocycles. The van der Waals surface area contributed by atoms with E-state index in [1.807, 2.05) is 42.5 Å². The van der Waals surface area contributed by atoms with Gasteiger partial charge in [0.1, 0.15) is 0 Å². The normalized spacial score (nSPS) is 16.5. The third-order valence-electron chi connectivity index (χ3n) is 4.83. The third kappa shape index (κ3) is 4.51. The second-order valence-electron chi connectivity index (χ2n) is 7.13. The quantitative estimate of drug-likeness (QED) is 0.845. The standard InChI is InChI=1S/C20H26N2O3S/c1-20(2,22-12-14-25-15-13-22)16-21-26(23,24)19-10-8-18(9-11-19)17-6-4-3-5-7-17/h3-11,21H,12-16H2,1-2H3. The minimum atomic E-state index is -3.54. The third-order valence-corrected chi connectivity index (χ3v) is 6.25. The highest BCUT2D eigenvalue weighted by Gasteiger charge is 2.30. The van der Waals surface area contributed by atoms with Crippen LogP contribution in [0.2, 0.25) is 0 Å². The fraction of sp³-hybridized carbons (Fsp3) is 0.400. The maximum atomic E-state index is 12.7. The molecular weight excluding hydrogens is 348 g/mol. The van der Waals surface area contributed by atoms with Crippen LogP contribution in [-0.2, 0) is 14.8 Å². The van der Waals surface area contributed by atoms with Crippen molar-refractivity contribution >= 4 is 10.0 Å². The fourth-order valence-corrected chi connectivity index (χ4v) is 4.30. The molecule has 0 radical (unpaired) electrons. The van der Waals surface area contributed by atoms with Crippen LogP contribution in [0.3, 0.4) is 0 Å². The minimum Gasteiger partial charge on any atom is -0.379 e. The molecule has 3 rings (SSSR count). The Kier molecular flexibility index (Phi) is 5.77. The molecule has 140 valence electrons. The summed E-state index contributed by atoms with van der Waals surface area (Å²) in [7, 11) is -3.54. The van der Waals surface area contributed by atoms with Crippen LogP contribution in [0, 0.1) is 0 Å². The predicted octanol–water partition coefficient (Wildman–Crippen LogP) is 2.74. The molecule has 2 aromatic rings. The highest BCUT2D eigenvalue weighted by atomic mass is 32.2. The Hall–Kier alpha value is -1.73. The Bertz CT molecular complexity index is 812. The monoisotopic (exact) mass is 374 g/mol. The van der Waals surface area contributed by atoms with Crippen molar-refractivity contribution in [3.63, 3.8) is 0 Å². The minimum absolute atomic E-state index is 0.263. The van der Waals surface area contributed by atoms with E-state index in [-0.39, 0.29) is 10.4 Å². The summed E-state index contributed by atoms with van der Waals surface area (Å²) in [5.74, 6) is 0. The Morgan fingerprint density at radius 3 is 2.15 bits per heavy atom. The summed E-state index contributed by atoms with van der Waals surface area (Å²) >= 11 is 0. The molecule has 1 heterocycles. The van der Waals surface area contributed by atoms with Gasteiger partial charge >= 0.3 is 0 Å². The molecule has 2 aromatic carbocycles. The summed E-state index contributed by atoms with van der Waals surface area (Å²) in [6.45, 7) is 7.49. The van der Waals surface area contributed by atoms with Gasteiger partial charge in [-0.25, -0.2) is 13.1 Å². The number of ether oxygens (including phenoxy) is 1. The number of hydrogen-bond acceptors (Lipinski definition) is 4. The molecule has 5 nitrogen and oxygen atoms in total. The fourth-order valence-electron chi connectivity index (χ4n) is 3.09. The molecule has 0 unspecified atom stereocenters. The Morgan fingerprint density at radius 2 is 1.54 bits per heavy atom. The molecule has 6 heteroatoms. The van der Waals surface area contributed by atoms with Crippen molar-refractivity contribution in [2.75, 3.05) is 32.8 Å². The highest BCUT2D eigenvalue weighted by Crippen LogP contribution is 2.21. The van der Waals surface area contributed by atoms with E-state index in [1.165, 1.54) is 0 Å². The number of nitrogens with one attached hydrogen (secondary N) is 1. The zero-order valence-corrected chi connectivity index (χ0v) is 16.1. The van der Waals surface area contributed by atoms with Crippen LogP contribution in [0.5, 0.6) is 0 Å². The van der Waals surface area contributed by atoms with Crippen molar-refractivity contribution in [3.8, 4) is 11.1 Å². The van der Waals surface area contributed by atoms with Crippen LogP contribution < -0.4 is 4.72 Å². The topological polar surface area (TPSA) is 58.6 Å². The highest BCUT2D eigenvalue weighted by molar-refractivity contribution is 7.89. The van der Waals surface area contributed by atoms with Crippen LogP contribution >= 0.6 is 0 Å². The van der Waals surface area contributed by atoms with Crippen LogP contribution in [0.25, 0.3) is 11.1 Å². The van der Waals surface area contributed by atoms with E-state index >= 15 is 0 Å². The number of nitrogens with zero attached hydrogens (tertiary/aromatic N) is 1. The lowest BCUT2D eigenvalue weighted by Gasteiger charge is -2.40.